The minimum Gasteiger partial charge on any atom is -0.352 e. The smallest absolute Gasteiger partial charge is 0.220 e. The van der Waals surface area contributed by atoms with Gasteiger partial charge in [0.15, 0.2) is 0 Å². The molecule has 0 aliphatic rings. The predicted octanol–water partition coefficient (Wildman–Crippen LogP) is 2.68. The summed E-state index contributed by atoms with van der Waals surface area (Å²) in [6.07, 6.45) is 4.25. The van der Waals surface area contributed by atoms with Gasteiger partial charge >= 0.3 is 0 Å². The zero-order chi connectivity index (χ0) is 9.61. The van der Waals surface area contributed by atoms with Gasteiger partial charge in [-0.1, -0.05) is 6.08 Å². The van der Waals surface area contributed by atoms with Gasteiger partial charge in [-0.05, 0) is 33.6 Å². The van der Waals surface area contributed by atoms with E-state index in [-0.39, 0.29) is 23.9 Å². The number of rotatable bonds is 4. The van der Waals surface area contributed by atoms with E-state index in [4.69, 9.17) is 0 Å². The summed E-state index contributed by atoms with van der Waals surface area (Å²) in [5.41, 5.74) is -0.106. The maximum absolute atomic E-state index is 11.2. The van der Waals surface area contributed by atoms with E-state index in [0.717, 1.165) is 12.8 Å². The highest BCUT2D eigenvalue weighted by Gasteiger charge is 2.12. The first-order valence-electron chi connectivity index (χ1n) is 4.37. The highest BCUT2D eigenvalue weighted by atomic mass is 35.5. The SMILES string of the molecule is C=CCCCC(=O)NC(C)(C)C.Cl. The zero-order valence-electron chi connectivity index (χ0n) is 8.72. The number of halogens is 1. The fourth-order valence-corrected chi connectivity index (χ4v) is 0.888. The van der Waals surface area contributed by atoms with Crippen LogP contribution in [-0.4, -0.2) is 11.4 Å². The number of nitrogens with one attached hydrogen (secondary N) is 1. The maximum Gasteiger partial charge on any atom is 0.220 e. The lowest BCUT2D eigenvalue weighted by molar-refractivity contribution is -0.122. The van der Waals surface area contributed by atoms with Gasteiger partial charge in [-0.15, -0.1) is 19.0 Å². The van der Waals surface area contributed by atoms with Crippen molar-refractivity contribution in [2.45, 2.75) is 45.6 Å². The summed E-state index contributed by atoms with van der Waals surface area (Å²) >= 11 is 0. The first-order valence-corrected chi connectivity index (χ1v) is 4.37. The summed E-state index contributed by atoms with van der Waals surface area (Å²) in [6, 6.07) is 0. The predicted molar refractivity (Wildman–Crippen MR) is 59.2 cm³/mol. The van der Waals surface area contributed by atoms with Crippen LogP contribution in [0.4, 0.5) is 0 Å². The molecule has 0 aromatic heterocycles. The summed E-state index contributed by atoms with van der Waals surface area (Å²) in [6.45, 7) is 9.55. The summed E-state index contributed by atoms with van der Waals surface area (Å²) in [4.78, 5) is 11.2. The standard InChI is InChI=1S/C10H19NO.ClH/c1-5-6-7-8-9(12)11-10(2,3)4;/h5H,1,6-8H2,2-4H3,(H,11,12);1H. The van der Waals surface area contributed by atoms with E-state index in [1.54, 1.807) is 0 Å². The minimum absolute atomic E-state index is 0. The van der Waals surface area contributed by atoms with E-state index < -0.39 is 0 Å². The highest BCUT2D eigenvalue weighted by molar-refractivity contribution is 5.85. The Morgan fingerprint density at radius 1 is 1.46 bits per heavy atom. The fraction of sp³-hybridized carbons (Fsp3) is 0.700. The lowest BCUT2D eigenvalue weighted by Gasteiger charge is -2.20. The zero-order valence-corrected chi connectivity index (χ0v) is 9.54. The Morgan fingerprint density at radius 3 is 2.38 bits per heavy atom. The van der Waals surface area contributed by atoms with Crippen LogP contribution in [0.15, 0.2) is 12.7 Å². The van der Waals surface area contributed by atoms with Crippen molar-refractivity contribution in [1.29, 1.82) is 0 Å². The molecule has 0 aromatic rings. The first kappa shape index (κ1) is 15.0. The van der Waals surface area contributed by atoms with E-state index in [2.05, 4.69) is 11.9 Å². The van der Waals surface area contributed by atoms with Crippen molar-refractivity contribution in [3.63, 3.8) is 0 Å². The van der Waals surface area contributed by atoms with Crippen LogP contribution in [0.5, 0.6) is 0 Å². The van der Waals surface area contributed by atoms with Gasteiger partial charge in [0.1, 0.15) is 0 Å². The minimum atomic E-state index is -0.106. The summed E-state index contributed by atoms with van der Waals surface area (Å²) in [7, 11) is 0. The molecule has 0 rings (SSSR count). The van der Waals surface area contributed by atoms with Crippen LogP contribution < -0.4 is 5.32 Å². The Morgan fingerprint density at radius 2 is 2.00 bits per heavy atom. The van der Waals surface area contributed by atoms with E-state index in [9.17, 15) is 4.79 Å². The molecule has 0 radical (unpaired) electrons. The maximum atomic E-state index is 11.2. The molecule has 0 spiro atoms. The van der Waals surface area contributed by atoms with Crippen molar-refractivity contribution in [2.75, 3.05) is 0 Å². The number of carbonyl (C=O) groups excluding carboxylic acids is 1. The molecular weight excluding hydrogens is 186 g/mol. The molecule has 0 atom stereocenters. The Kier molecular flexibility index (Phi) is 8.02. The van der Waals surface area contributed by atoms with Crippen molar-refractivity contribution in [3.05, 3.63) is 12.7 Å². The lowest BCUT2D eigenvalue weighted by Crippen LogP contribution is -2.40. The van der Waals surface area contributed by atoms with Gasteiger partial charge in [-0.3, -0.25) is 4.79 Å². The third-order valence-electron chi connectivity index (χ3n) is 1.33. The molecular formula is C10H20ClNO. The Hall–Kier alpha value is -0.500. The van der Waals surface area contributed by atoms with Gasteiger partial charge in [0, 0.05) is 12.0 Å². The van der Waals surface area contributed by atoms with Gasteiger partial charge in [-0.25, -0.2) is 0 Å². The summed E-state index contributed by atoms with van der Waals surface area (Å²) in [5.74, 6) is 0.129. The molecule has 78 valence electrons. The van der Waals surface area contributed by atoms with E-state index >= 15 is 0 Å². The molecule has 13 heavy (non-hydrogen) atoms. The number of hydrogen-bond donors (Lipinski definition) is 1. The third kappa shape index (κ3) is 11.5. The van der Waals surface area contributed by atoms with E-state index in [0.29, 0.717) is 6.42 Å². The van der Waals surface area contributed by atoms with Crippen LogP contribution in [0.3, 0.4) is 0 Å². The number of carbonyl (C=O) groups is 1. The monoisotopic (exact) mass is 205 g/mol. The van der Waals surface area contributed by atoms with E-state index in [1.165, 1.54) is 0 Å². The number of allylic oxidation sites excluding steroid dienone is 1. The van der Waals surface area contributed by atoms with Crippen LogP contribution in [0.1, 0.15) is 40.0 Å². The molecule has 0 aromatic carbocycles. The molecule has 1 N–H and O–H groups in total. The van der Waals surface area contributed by atoms with Crippen molar-refractivity contribution >= 4 is 18.3 Å². The largest absolute Gasteiger partial charge is 0.352 e. The van der Waals surface area contributed by atoms with Gasteiger partial charge in [0.2, 0.25) is 5.91 Å². The molecule has 2 nitrogen and oxygen atoms in total. The fourth-order valence-electron chi connectivity index (χ4n) is 0.888. The summed E-state index contributed by atoms with van der Waals surface area (Å²) < 4.78 is 0. The molecule has 0 saturated heterocycles. The number of hydrogen-bond acceptors (Lipinski definition) is 1. The molecule has 0 unspecified atom stereocenters. The molecule has 0 bridgehead atoms. The summed E-state index contributed by atoms with van der Waals surface area (Å²) in [5, 5.41) is 2.90. The normalized spacial score (nSPS) is 10.1. The second-order valence-corrected chi connectivity index (χ2v) is 3.98. The Balaban J connectivity index is 0. The van der Waals surface area contributed by atoms with Crippen LogP contribution in [0.25, 0.3) is 0 Å². The van der Waals surface area contributed by atoms with E-state index in [1.807, 2.05) is 26.8 Å². The Bertz CT molecular complexity index is 161. The molecule has 0 aliphatic carbocycles. The van der Waals surface area contributed by atoms with Gasteiger partial charge < -0.3 is 5.32 Å². The quantitative estimate of drug-likeness (QED) is 0.555. The first-order chi connectivity index (χ1) is 5.45. The average molecular weight is 206 g/mol. The van der Waals surface area contributed by atoms with Crippen molar-refractivity contribution in [2.24, 2.45) is 0 Å². The van der Waals surface area contributed by atoms with Gasteiger partial charge in [0.05, 0.1) is 0 Å². The number of unbranched alkanes of at least 4 members (excludes halogenated alkanes) is 1. The third-order valence-corrected chi connectivity index (χ3v) is 1.33. The number of amides is 1. The Labute approximate surface area is 87.2 Å². The van der Waals surface area contributed by atoms with Crippen LogP contribution in [0, 0.1) is 0 Å². The topological polar surface area (TPSA) is 29.1 Å². The van der Waals surface area contributed by atoms with Crippen molar-refractivity contribution < 1.29 is 4.79 Å². The van der Waals surface area contributed by atoms with Crippen LogP contribution in [-0.2, 0) is 4.79 Å². The molecule has 3 heteroatoms. The van der Waals surface area contributed by atoms with Crippen LogP contribution in [0.2, 0.25) is 0 Å². The van der Waals surface area contributed by atoms with Crippen molar-refractivity contribution in [3.8, 4) is 0 Å². The van der Waals surface area contributed by atoms with Gasteiger partial charge in [-0.2, -0.15) is 0 Å². The molecule has 0 saturated carbocycles. The highest BCUT2D eigenvalue weighted by Crippen LogP contribution is 2.01. The average Bonchev–Trinajstić information content (AvgIpc) is 1.84. The lowest BCUT2D eigenvalue weighted by atomic mass is 10.1. The molecule has 1 amide bonds. The molecule has 0 heterocycles. The van der Waals surface area contributed by atoms with Crippen molar-refractivity contribution in [1.82, 2.24) is 5.32 Å². The van der Waals surface area contributed by atoms with Gasteiger partial charge in [0.25, 0.3) is 0 Å². The van der Waals surface area contributed by atoms with Crippen LogP contribution >= 0.6 is 12.4 Å². The second kappa shape index (κ2) is 6.96. The molecule has 0 fully saturated rings. The second-order valence-electron chi connectivity index (χ2n) is 3.98. The molecule has 0 aliphatic heterocycles.